The molecule has 0 spiro atoms. The van der Waals surface area contributed by atoms with Crippen molar-refractivity contribution in [1.82, 2.24) is 19.5 Å². The number of hydrogen-bond acceptors (Lipinski definition) is 5. The molecule has 1 N–H and O–H groups in total. The van der Waals surface area contributed by atoms with Crippen molar-refractivity contribution in [1.29, 1.82) is 0 Å². The molecule has 1 unspecified atom stereocenters. The maximum atomic E-state index is 9.93. The number of rotatable bonds is 7. The zero-order valence-corrected chi connectivity index (χ0v) is 19.7. The number of benzene rings is 2. The summed E-state index contributed by atoms with van der Waals surface area (Å²) in [6.45, 7) is 4.10. The number of fused-ring (bicyclic) bond motifs is 1. The van der Waals surface area contributed by atoms with Gasteiger partial charge in [0, 0.05) is 36.1 Å². The fourth-order valence-electron chi connectivity index (χ4n) is 4.29. The summed E-state index contributed by atoms with van der Waals surface area (Å²) in [6, 6.07) is 16.1. The molecular weight excluding hydrogens is 432 g/mol. The van der Waals surface area contributed by atoms with E-state index < -0.39 is 11.2 Å². The lowest BCUT2D eigenvalue weighted by molar-refractivity contribution is 0.183. The summed E-state index contributed by atoms with van der Waals surface area (Å²) in [5.74, 6) is 0.893. The second-order valence-electron chi connectivity index (χ2n) is 8.45. The molecule has 0 amide bonds. The number of piperidine rings is 1. The first kappa shape index (κ1) is 21.9. The van der Waals surface area contributed by atoms with Crippen LogP contribution in [0.3, 0.4) is 0 Å². The first-order chi connectivity index (χ1) is 16.2. The van der Waals surface area contributed by atoms with Crippen LogP contribution in [0.5, 0.6) is 5.75 Å². The van der Waals surface area contributed by atoms with Gasteiger partial charge in [-0.05, 0) is 55.3 Å². The summed E-state index contributed by atoms with van der Waals surface area (Å²) in [5, 5.41) is 4.52. The van der Waals surface area contributed by atoms with Gasteiger partial charge >= 0.3 is 0 Å². The molecular formula is C26H29N4O2S+. The number of nitrogens with zero attached hydrogens (tertiary/aromatic N) is 4. The lowest BCUT2D eigenvalue weighted by Crippen LogP contribution is -2.33. The predicted molar refractivity (Wildman–Crippen MR) is 134 cm³/mol. The third-order valence-corrected chi connectivity index (χ3v) is 7.09. The molecule has 0 saturated carbocycles. The molecule has 33 heavy (non-hydrogen) atoms. The van der Waals surface area contributed by atoms with Crippen molar-refractivity contribution in [3.05, 3.63) is 67.1 Å². The van der Waals surface area contributed by atoms with Crippen molar-refractivity contribution < 1.29 is 9.29 Å². The molecule has 0 aliphatic carbocycles. The van der Waals surface area contributed by atoms with Crippen LogP contribution in [0.15, 0.2) is 72.0 Å². The van der Waals surface area contributed by atoms with Gasteiger partial charge in [0.1, 0.15) is 18.6 Å². The van der Waals surface area contributed by atoms with Gasteiger partial charge in [-0.3, -0.25) is 4.90 Å². The Balaban J connectivity index is 1.29. The van der Waals surface area contributed by atoms with Crippen LogP contribution in [0.4, 0.5) is 0 Å². The van der Waals surface area contributed by atoms with E-state index in [-0.39, 0.29) is 0 Å². The quantitative estimate of drug-likeness (QED) is 0.392. The van der Waals surface area contributed by atoms with E-state index in [0.29, 0.717) is 0 Å². The van der Waals surface area contributed by atoms with Gasteiger partial charge in [0.2, 0.25) is 0 Å². The first-order valence-corrected chi connectivity index (χ1v) is 13.0. The van der Waals surface area contributed by atoms with Gasteiger partial charge in [-0.15, -0.1) is 0 Å². The monoisotopic (exact) mass is 461 g/mol. The van der Waals surface area contributed by atoms with Gasteiger partial charge < -0.3 is 4.74 Å². The van der Waals surface area contributed by atoms with E-state index in [0.717, 1.165) is 51.7 Å². The third kappa shape index (κ3) is 5.05. The molecule has 7 heteroatoms. The van der Waals surface area contributed by atoms with Crippen LogP contribution in [0.1, 0.15) is 19.3 Å². The molecule has 6 nitrogen and oxygen atoms in total. The highest BCUT2D eigenvalue weighted by molar-refractivity contribution is 7.90. The second kappa shape index (κ2) is 9.95. The van der Waals surface area contributed by atoms with Gasteiger partial charge in [0.05, 0.1) is 6.20 Å². The van der Waals surface area contributed by atoms with Crippen molar-refractivity contribution in [2.45, 2.75) is 24.2 Å². The van der Waals surface area contributed by atoms with Gasteiger partial charge in [0.15, 0.2) is 21.7 Å². The van der Waals surface area contributed by atoms with Crippen LogP contribution < -0.4 is 4.74 Å². The summed E-state index contributed by atoms with van der Waals surface area (Å²) < 4.78 is 17.7. The lowest BCUT2D eigenvalue weighted by atomic mass is 10.1. The number of likely N-dealkylation sites (tertiary alicyclic amines) is 1. The van der Waals surface area contributed by atoms with Gasteiger partial charge in [-0.2, -0.15) is 9.65 Å². The average Bonchev–Trinajstić information content (AvgIpc) is 3.29. The zero-order chi connectivity index (χ0) is 22.6. The Morgan fingerprint density at radius 2 is 1.79 bits per heavy atom. The number of aromatic nitrogens is 3. The molecule has 1 fully saturated rings. The van der Waals surface area contributed by atoms with E-state index in [2.05, 4.69) is 22.1 Å². The Labute approximate surface area is 197 Å². The minimum Gasteiger partial charge on any atom is -0.492 e. The van der Waals surface area contributed by atoms with E-state index in [9.17, 15) is 4.55 Å². The van der Waals surface area contributed by atoms with E-state index in [1.54, 1.807) is 6.26 Å². The van der Waals surface area contributed by atoms with Crippen molar-refractivity contribution in [2.24, 2.45) is 0 Å². The molecule has 0 radical (unpaired) electrons. The molecule has 170 valence electrons. The Bertz CT molecular complexity index is 1220. The molecule has 1 aliphatic rings. The molecule has 1 aliphatic heterocycles. The fourth-order valence-corrected chi connectivity index (χ4v) is 4.87. The first-order valence-electron chi connectivity index (χ1n) is 11.4. The second-order valence-corrected chi connectivity index (χ2v) is 9.88. The summed E-state index contributed by atoms with van der Waals surface area (Å²) in [5.41, 5.74) is 4.81. The van der Waals surface area contributed by atoms with E-state index in [1.807, 2.05) is 59.5 Å². The summed E-state index contributed by atoms with van der Waals surface area (Å²) in [6.07, 6.45) is 11.5. The normalized spacial score (nSPS) is 15.6. The van der Waals surface area contributed by atoms with E-state index in [4.69, 9.17) is 9.72 Å². The van der Waals surface area contributed by atoms with E-state index in [1.165, 1.54) is 32.4 Å². The van der Waals surface area contributed by atoms with Crippen LogP contribution in [0, 0.1) is 0 Å². The van der Waals surface area contributed by atoms with Gasteiger partial charge in [-0.1, -0.05) is 30.7 Å². The Kier molecular flexibility index (Phi) is 6.62. The van der Waals surface area contributed by atoms with Crippen LogP contribution in [0.25, 0.3) is 27.9 Å². The molecule has 2 aromatic heterocycles. The Morgan fingerprint density at radius 3 is 2.58 bits per heavy atom. The van der Waals surface area contributed by atoms with Crippen LogP contribution in [-0.2, 0) is 11.2 Å². The highest BCUT2D eigenvalue weighted by atomic mass is 32.2. The smallest absolute Gasteiger partial charge is 0.190 e. The molecule has 1 atom stereocenters. The summed E-state index contributed by atoms with van der Waals surface area (Å²) in [7, 11) is 0. The topological polar surface area (TPSA) is 62.9 Å². The van der Waals surface area contributed by atoms with Gasteiger partial charge in [0.25, 0.3) is 0 Å². The number of hydrogen-bond donors (Lipinski definition) is 1. The summed E-state index contributed by atoms with van der Waals surface area (Å²) in [4.78, 5) is 8.08. The predicted octanol–water partition coefficient (Wildman–Crippen LogP) is 5.01. The highest BCUT2D eigenvalue weighted by Gasteiger charge is 2.15. The van der Waals surface area contributed by atoms with Gasteiger partial charge in [-0.25, -0.2) is 9.50 Å². The highest BCUT2D eigenvalue weighted by Crippen LogP contribution is 2.28. The Hall–Kier alpha value is -2.87. The van der Waals surface area contributed by atoms with E-state index >= 15 is 0 Å². The van der Waals surface area contributed by atoms with Crippen molar-refractivity contribution in [3.63, 3.8) is 0 Å². The molecule has 4 aromatic rings. The fraction of sp³-hybridized carbons (Fsp3) is 0.308. The molecule has 2 aromatic carbocycles. The lowest BCUT2D eigenvalue weighted by Gasteiger charge is -2.26. The van der Waals surface area contributed by atoms with Crippen LogP contribution in [0.2, 0.25) is 0 Å². The number of ether oxygens (including phenoxy) is 1. The molecule has 0 bridgehead atoms. The minimum absolute atomic E-state index is 0.722. The zero-order valence-electron chi connectivity index (χ0n) is 18.9. The minimum atomic E-state index is -0.779. The molecule has 3 heterocycles. The average molecular weight is 462 g/mol. The van der Waals surface area contributed by atoms with Crippen LogP contribution in [-0.4, -0.2) is 56.5 Å². The molecule has 1 saturated heterocycles. The van der Waals surface area contributed by atoms with Crippen molar-refractivity contribution >= 4 is 16.8 Å². The standard InChI is InChI=1S/C26H29N4O2S/c1-33(31)24-7-5-6-21(16-24)25-18-28-30-19-22(17-27-26(25)30)20-8-10-23(11-9-20)32-15-14-29-12-3-2-4-13-29/h5-11,16-19,31H,2-4,12-15H2,1H3/q+1. The third-order valence-electron chi connectivity index (χ3n) is 6.16. The van der Waals surface area contributed by atoms with Crippen molar-refractivity contribution in [2.75, 3.05) is 32.5 Å². The summed E-state index contributed by atoms with van der Waals surface area (Å²) >= 11 is -0.779. The largest absolute Gasteiger partial charge is 0.492 e. The van der Waals surface area contributed by atoms with Crippen LogP contribution >= 0.6 is 0 Å². The SMILES string of the molecule is C[S+](O)c1cccc(-c2cnn3cc(-c4ccc(OCCN5CCCCC5)cc4)cnc23)c1. The Morgan fingerprint density at radius 1 is 0.970 bits per heavy atom. The maximum absolute atomic E-state index is 9.93. The molecule has 5 rings (SSSR count). The maximum Gasteiger partial charge on any atom is 0.190 e. The van der Waals surface area contributed by atoms with Crippen molar-refractivity contribution in [3.8, 4) is 28.0 Å².